The first-order valence-electron chi connectivity index (χ1n) is 6.61. The van der Waals surface area contributed by atoms with Crippen LogP contribution < -0.4 is 14.8 Å². The highest BCUT2D eigenvalue weighted by molar-refractivity contribution is 5.44. The average Bonchev–Trinajstić information content (AvgIpc) is 2.85. The smallest absolute Gasteiger partial charge is 0.231 e. The number of benzene rings is 1. The molecule has 0 unspecified atom stereocenters. The average molecular weight is 249 g/mol. The van der Waals surface area contributed by atoms with Gasteiger partial charge in [-0.25, -0.2) is 0 Å². The van der Waals surface area contributed by atoms with Crippen molar-refractivity contribution in [2.24, 2.45) is 0 Å². The van der Waals surface area contributed by atoms with Crippen LogP contribution in [0.3, 0.4) is 0 Å². The van der Waals surface area contributed by atoms with Crippen molar-refractivity contribution < 1.29 is 14.6 Å². The third kappa shape index (κ3) is 2.60. The van der Waals surface area contributed by atoms with Crippen molar-refractivity contribution in [1.29, 1.82) is 0 Å². The maximum absolute atomic E-state index is 9.46. The summed E-state index contributed by atoms with van der Waals surface area (Å²) in [5.74, 6) is 1.67. The second-order valence-electron chi connectivity index (χ2n) is 5.07. The molecule has 0 atom stereocenters. The molecule has 18 heavy (non-hydrogen) atoms. The molecule has 4 nitrogen and oxygen atoms in total. The molecular weight excluding hydrogens is 230 g/mol. The zero-order valence-electron chi connectivity index (χ0n) is 10.4. The second kappa shape index (κ2) is 5.16. The molecule has 4 heteroatoms. The van der Waals surface area contributed by atoms with E-state index in [-0.39, 0.29) is 6.10 Å². The van der Waals surface area contributed by atoms with E-state index < -0.39 is 0 Å². The van der Waals surface area contributed by atoms with E-state index in [0.717, 1.165) is 43.7 Å². The predicted molar refractivity (Wildman–Crippen MR) is 67.7 cm³/mol. The number of hydrogen-bond acceptors (Lipinski definition) is 4. The van der Waals surface area contributed by atoms with Crippen LogP contribution in [0.5, 0.6) is 11.5 Å². The summed E-state index contributed by atoms with van der Waals surface area (Å²) in [7, 11) is 0. The van der Waals surface area contributed by atoms with Crippen LogP contribution in [-0.4, -0.2) is 24.0 Å². The number of rotatable bonds is 3. The first-order chi connectivity index (χ1) is 8.81. The normalized spacial score (nSPS) is 26.3. The molecular formula is C14H19NO3. The monoisotopic (exact) mass is 249 g/mol. The van der Waals surface area contributed by atoms with E-state index in [1.165, 1.54) is 5.56 Å². The number of aliphatic hydroxyl groups excluding tert-OH is 1. The van der Waals surface area contributed by atoms with Gasteiger partial charge in [-0.2, -0.15) is 0 Å². The van der Waals surface area contributed by atoms with Gasteiger partial charge in [0.2, 0.25) is 6.79 Å². The molecule has 3 rings (SSSR count). The van der Waals surface area contributed by atoms with Gasteiger partial charge >= 0.3 is 0 Å². The number of hydrogen-bond donors (Lipinski definition) is 2. The van der Waals surface area contributed by atoms with Crippen molar-refractivity contribution in [1.82, 2.24) is 5.32 Å². The summed E-state index contributed by atoms with van der Waals surface area (Å²) in [6, 6.07) is 6.59. The van der Waals surface area contributed by atoms with Crippen LogP contribution in [0.1, 0.15) is 31.2 Å². The molecule has 1 aliphatic carbocycles. The Balaban J connectivity index is 1.54. The topological polar surface area (TPSA) is 50.7 Å². The molecule has 0 bridgehead atoms. The van der Waals surface area contributed by atoms with E-state index >= 15 is 0 Å². The minimum Gasteiger partial charge on any atom is -0.454 e. The van der Waals surface area contributed by atoms with E-state index in [0.29, 0.717) is 12.8 Å². The Morgan fingerprint density at radius 2 is 1.89 bits per heavy atom. The number of fused-ring (bicyclic) bond motifs is 1. The largest absolute Gasteiger partial charge is 0.454 e. The van der Waals surface area contributed by atoms with E-state index in [9.17, 15) is 5.11 Å². The predicted octanol–water partition coefficient (Wildman–Crippen LogP) is 1.81. The summed E-state index contributed by atoms with van der Waals surface area (Å²) in [5, 5.41) is 13.0. The SMILES string of the molecule is OC1CCC(NCc2ccc3c(c2)OCO3)CC1. The van der Waals surface area contributed by atoms with Crippen LogP contribution in [0.25, 0.3) is 0 Å². The van der Waals surface area contributed by atoms with E-state index in [2.05, 4.69) is 11.4 Å². The van der Waals surface area contributed by atoms with Gasteiger partial charge in [0.05, 0.1) is 6.10 Å². The van der Waals surface area contributed by atoms with Crippen LogP contribution >= 0.6 is 0 Å². The van der Waals surface area contributed by atoms with Crippen LogP contribution in [0.15, 0.2) is 18.2 Å². The highest BCUT2D eigenvalue weighted by atomic mass is 16.7. The zero-order chi connectivity index (χ0) is 12.4. The summed E-state index contributed by atoms with van der Waals surface area (Å²) in [4.78, 5) is 0. The molecule has 2 N–H and O–H groups in total. The Labute approximate surface area is 107 Å². The Kier molecular flexibility index (Phi) is 3.39. The second-order valence-corrected chi connectivity index (χ2v) is 5.07. The van der Waals surface area contributed by atoms with Gasteiger partial charge in [0.25, 0.3) is 0 Å². The fourth-order valence-electron chi connectivity index (χ4n) is 2.59. The third-order valence-electron chi connectivity index (χ3n) is 3.73. The fourth-order valence-corrected chi connectivity index (χ4v) is 2.59. The van der Waals surface area contributed by atoms with Crippen molar-refractivity contribution in [3.8, 4) is 11.5 Å². The van der Waals surface area contributed by atoms with Gasteiger partial charge < -0.3 is 19.9 Å². The number of nitrogens with one attached hydrogen (secondary N) is 1. The molecule has 1 heterocycles. The molecule has 0 amide bonds. The van der Waals surface area contributed by atoms with Crippen LogP contribution in [-0.2, 0) is 6.54 Å². The Hall–Kier alpha value is -1.26. The summed E-state index contributed by atoms with van der Waals surface area (Å²) < 4.78 is 10.7. The van der Waals surface area contributed by atoms with Crippen molar-refractivity contribution >= 4 is 0 Å². The fraction of sp³-hybridized carbons (Fsp3) is 0.571. The van der Waals surface area contributed by atoms with Crippen molar-refractivity contribution in [3.05, 3.63) is 23.8 Å². The van der Waals surface area contributed by atoms with Gasteiger partial charge in [0.1, 0.15) is 0 Å². The Morgan fingerprint density at radius 1 is 1.11 bits per heavy atom. The molecule has 0 aromatic heterocycles. The summed E-state index contributed by atoms with van der Waals surface area (Å²) in [6.07, 6.45) is 3.86. The maximum atomic E-state index is 9.46. The van der Waals surface area contributed by atoms with Gasteiger partial charge in [0.15, 0.2) is 11.5 Å². The van der Waals surface area contributed by atoms with E-state index in [4.69, 9.17) is 9.47 Å². The third-order valence-corrected chi connectivity index (χ3v) is 3.73. The molecule has 2 aliphatic rings. The highest BCUT2D eigenvalue weighted by Crippen LogP contribution is 2.32. The summed E-state index contributed by atoms with van der Waals surface area (Å²) >= 11 is 0. The van der Waals surface area contributed by atoms with Gasteiger partial charge in [-0.15, -0.1) is 0 Å². The molecule has 0 spiro atoms. The lowest BCUT2D eigenvalue weighted by atomic mass is 9.93. The minimum atomic E-state index is -0.0893. The first-order valence-corrected chi connectivity index (χ1v) is 6.61. The van der Waals surface area contributed by atoms with Crippen LogP contribution in [0.2, 0.25) is 0 Å². The van der Waals surface area contributed by atoms with Crippen molar-refractivity contribution in [2.75, 3.05) is 6.79 Å². The maximum Gasteiger partial charge on any atom is 0.231 e. The lowest BCUT2D eigenvalue weighted by Crippen LogP contribution is -2.34. The lowest BCUT2D eigenvalue weighted by Gasteiger charge is -2.26. The molecule has 1 aliphatic heterocycles. The van der Waals surface area contributed by atoms with Gasteiger partial charge in [-0.1, -0.05) is 6.07 Å². The van der Waals surface area contributed by atoms with Crippen LogP contribution in [0.4, 0.5) is 0 Å². The summed E-state index contributed by atoms with van der Waals surface area (Å²) in [6.45, 7) is 1.17. The van der Waals surface area contributed by atoms with E-state index in [1.807, 2.05) is 12.1 Å². The molecule has 1 saturated carbocycles. The van der Waals surface area contributed by atoms with E-state index in [1.54, 1.807) is 0 Å². The van der Waals surface area contributed by atoms with Crippen LogP contribution in [0, 0.1) is 0 Å². The highest BCUT2D eigenvalue weighted by Gasteiger charge is 2.19. The molecule has 0 radical (unpaired) electrons. The molecule has 98 valence electrons. The van der Waals surface area contributed by atoms with Gasteiger partial charge in [-0.3, -0.25) is 0 Å². The molecule has 1 fully saturated rings. The quantitative estimate of drug-likeness (QED) is 0.857. The number of aliphatic hydroxyl groups is 1. The standard InChI is InChI=1S/C14H19NO3/c16-12-4-2-11(3-5-12)15-8-10-1-6-13-14(7-10)18-9-17-13/h1,6-7,11-12,15-16H,2-5,8-9H2. The molecule has 1 aromatic carbocycles. The molecule has 1 aromatic rings. The lowest BCUT2D eigenvalue weighted by molar-refractivity contribution is 0.116. The zero-order valence-corrected chi connectivity index (χ0v) is 10.4. The summed E-state index contributed by atoms with van der Waals surface area (Å²) in [5.41, 5.74) is 1.21. The minimum absolute atomic E-state index is 0.0893. The Morgan fingerprint density at radius 3 is 2.72 bits per heavy atom. The van der Waals surface area contributed by atoms with Crippen molar-refractivity contribution in [3.63, 3.8) is 0 Å². The number of ether oxygens (including phenoxy) is 2. The van der Waals surface area contributed by atoms with Crippen molar-refractivity contribution in [2.45, 2.75) is 44.4 Å². The molecule has 0 saturated heterocycles. The first kappa shape index (κ1) is 11.8. The Bertz CT molecular complexity index is 414. The van der Waals surface area contributed by atoms with Gasteiger partial charge in [-0.05, 0) is 43.4 Å². The van der Waals surface area contributed by atoms with Gasteiger partial charge in [0, 0.05) is 12.6 Å².